The van der Waals surface area contributed by atoms with Crippen LogP contribution in [0.15, 0.2) is 24.3 Å². The summed E-state index contributed by atoms with van der Waals surface area (Å²) in [7, 11) is 1.63. The van der Waals surface area contributed by atoms with Gasteiger partial charge < -0.3 is 20.1 Å². The molecule has 0 heterocycles. The lowest BCUT2D eigenvalue weighted by atomic mass is 9.88. The summed E-state index contributed by atoms with van der Waals surface area (Å²) >= 11 is 0. The monoisotopic (exact) mass is 362 g/mol. The molecule has 2 amide bonds. The van der Waals surface area contributed by atoms with Crippen LogP contribution in [0.4, 0.5) is 5.69 Å². The molecule has 0 aliphatic heterocycles. The molecular formula is C20H30N2O4. The Bertz CT molecular complexity index is 571. The van der Waals surface area contributed by atoms with Crippen molar-refractivity contribution in [3.63, 3.8) is 0 Å². The van der Waals surface area contributed by atoms with Crippen molar-refractivity contribution in [2.24, 2.45) is 5.92 Å². The fourth-order valence-electron chi connectivity index (χ4n) is 3.07. The van der Waals surface area contributed by atoms with E-state index in [4.69, 9.17) is 9.47 Å². The van der Waals surface area contributed by atoms with Crippen LogP contribution in [0.25, 0.3) is 0 Å². The zero-order chi connectivity index (χ0) is 18.6. The fraction of sp³-hybridized carbons (Fsp3) is 0.600. The van der Waals surface area contributed by atoms with E-state index < -0.39 is 0 Å². The van der Waals surface area contributed by atoms with E-state index in [1.807, 2.05) is 6.07 Å². The highest BCUT2D eigenvalue weighted by atomic mass is 16.5. The molecule has 0 aromatic heterocycles. The van der Waals surface area contributed by atoms with Crippen LogP contribution in [0.1, 0.15) is 48.9 Å². The molecule has 2 rings (SSSR count). The summed E-state index contributed by atoms with van der Waals surface area (Å²) in [6, 6.07) is 7.09. The van der Waals surface area contributed by atoms with Crippen molar-refractivity contribution in [1.82, 2.24) is 5.32 Å². The topological polar surface area (TPSA) is 76.7 Å². The highest BCUT2D eigenvalue weighted by Crippen LogP contribution is 2.25. The van der Waals surface area contributed by atoms with E-state index in [1.165, 1.54) is 6.42 Å². The molecule has 0 spiro atoms. The first-order valence-corrected chi connectivity index (χ1v) is 9.46. The second-order valence-electron chi connectivity index (χ2n) is 6.62. The van der Waals surface area contributed by atoms with E-state index in [2.05, 4.69) is 10.6 Å². The van der Waals surface area contributed by atoms with E-state index in [1.54, 1.807) is 25.3 Å². The SMILES string of the molecule is COCCOCCCNC(=O)c1cccc(NC(=O)C2CCCCC2)c1. The summed E-state index contributed by atoms with van der Waals surface area (Å²) in [6.45, 7) is 2.27. The second kappa shape index (κ2) is 11.6. The predicted molar refractivity (Wildman–Crippen MR) is 101 cm³/mol. The molecule has 0 unspecified atom stereocenters. The number of anilines is 1. The van der Waals surface area contributed by atoms with Crippen LogP contribution >= 0.6 is 0 Å². The first-order chi connectivity index (χ1) is 12.7. The summed E-state index contributed by atoms with van der Waals surface area (Å²) in [6.07, 6.45) is 6.12. The summed E-state index contributed by atoms with van der Waals surface area (Å²) in [5.41, 5.74) is 1.22. The van der Waals surface area contributed by atoms with E-state index in [0.29, 0.717) is 37.6 Å². The number of amides is 2. The third-order valence-corrected chi connectivity index (χ3v) is 4.55. The van der Waals surface area contributed by atoms with Crippen LogP contribution in [-0.2, 0) is 14.3 Å². The third kappa shape index (κ3) is 7.14. The van der Waals surface area contributed by atoms with Crippen molar-refractivity contribution in [3.05, 3.63) is 29.8 Å². The number of rotatable bonds is 10. The smallest absolute Gasteiger partial charge is 0.251 e. The van der Waals surface area contributed by atoms with Gasteiger partial charge in [-0.2, -0.15) is 0 Å². The molecule has 26 heavy (non-hydrogen) atoms. The number of benzene rings is 1. The number of ether oxygens (including phenoxy) is 2. The lowest BCUT2D eigenvalue weighted by molar-refractivity contribution is -0.120. The lowest BCUT2D eigenvalue weighted by Crippen LogP contribution is -2.26. The molecule has 144 valence electrons. The molecule has 0 bridgehead atoms. The van der Waals surface area contributed by atoms with Crippen LogP contribution < -0.4 is 10.6 Å². The molecule has 2 N–H and O–H groups in total. The van der Waals surface area contributed by atoms with Crippen molar-refractivity contribution in [2.75, 3.05) is 38.8 Å². The lowest BCUT2D eigenvalue weighted by Gasteiger charge is -2.20. The van der Waals surface area contributed by atoms with Crippen LogP contribution in [0.5, 0.6) is 0 Å². The Kier molecular flexibility index (Phi) is 9.14. The van der Waals surface area contributed by atoms with E-state index in [0.717, 1.165) is 32.1 Å². The average Bonchev–Trinajstić information content (AvgIpc) is 2.68. The molecule has 6 nitrogen and oxygen atoms in total. The number of hydrogen-bond donors (Lipinski definition) is 2. The minimum atomic E-state index is -0.143. The summed E-state index contributed by atoms with van der Waals surface area (Å²) in [5, 5.41) is 5.82. The Balaban J connectivity index is 1.74. The second-order valence-corrected chi connectivity index (χ2v) is 6.62. The van der Waals surface area contributed by atoms with Gasteiger partial charge in [0.05, 0.1) is 13.2 Å². The van der Waals surface area contributed by atoms with Crippen molar-refractivity contribution < 1.29 is 19.1 Å². The van der Waals surface area contributed by atoms with Gasteiger partial charge in [-0.15, -0.1) is 0 Å². The quantitative estimate of drug-likeness (QED) is 0.627. The molecule has 1 fully saturated rings. The Hall–Kier alpha value is -1.92. The van der Waals surface area contributed by atoms with E-state index >= 15 is 0 Å². The molecule has 6 heteroatoms. The van der Waals surface area contributed by atoms with Crippen molar-refractivity contribution in [1.29, 1.82) is 0 Å². The number of carbonyl (C=O) groups excluding carboxylic acids is 2. The fourth-order valence-corrected chi connectivity index (χ4v) is 3.07. The summed E-state index contributed by atoms with van der Waals surface area (Å²) in [5.74, 6) is 0.0189. The van der Waals surface area contributed by atoms with Gasteiger partial charge in [-0.25, -0.2) is 0 Å². The van der Waals surface area contributed by atoms with Gasteiger partial charge in [0.25, 0.3) is 5.91 Å². The highest BCUT2D eigenvalue weighted by Gasteiger charge is 2.21. The standard InChI is InChI=1S/C20H30N2O4/c1-25-13-14-26-12-6-11-21-19(23)17-9-5-10-18(15-17)22-20(24)16-7-3-2-4-8-16/h5,9-10,15-16H,2-4,6-8,11-14H2,1H3,(H,21,23)(H,22,24). The van der Waals surface area contributed by atoms with Crippen LogP contribution in [-0.4, -0.2) is 45.3 Å². The number of methoxy groups -OCH3 is 1. The van der Waals surface area contributed by atoms with E-state index in [9.17, 15) is 9.59 Å². The number of carbonyl (C=O) groups is 2. The van der Waals surface area contributed by atoms with Gasteiger partial charge in [-0.3, -0.25) is 9.59 Å². The van der Waals surface area contributed by atoms with Crippen LogP contribution in [0.2, 0.25) is 0 Å². The van der Waals surface area contributed by atoms with Gasteiger partial charge in [0.15, 0.2) is 0 Å². The molecule has 1 saturated carbocycles. The minimum Gasteiger partial charge on any atom is -0.382 e. The van der Waals surface area contributed by atoms with Gasteiger partial charge >= 0.3 is 0 Å². The first-order valence-electron chi connectivity index (χ1n) is 9.46. The molecule has 1 aliphatic carbocycles. The maximum absolute atomic E-state index is 12.3. The molecule has 1 aromatic rings. The van der Waals surface area contributed by atoms with Crippen molar-refractivity contribution >= 4 is 17.5 Å². The molecule has 1 aliphatic rings. The van der Waals surface area contributed by atoms with Crippen LogP contribution in [0.3, 0.4) is 0 Å². The van der Waals surface area contributed by atoms with Crippen LogP contribution in [0, 0.1) is 5.92 Å². The highest BCUT2D eigenvalue weighted by molar-refractivity contribution is 5.97. The van der Waals surface area contributed by atoms with Gasteiger partial charge in [-0.1, -0.05) is 25.3 Å². The molecule has 0 radical (unpaired) electrons. The minimum absolute atomic E-state index is 0.0652. The largest absolute Gasteiger partial charge is 0.382 e. The predicted octanol–water partition coefficient (Wildman–Crippen LogP) is 2.99. The summed E-state index contributed by atoms with van der Waals surface area (Å²) < 4.78 is 10.3. The number of hydrogen-bond acceptors (Lipinski definition) is 4. The molecule has 0 saturated heterocycles. The molecule has 0 atom stereocenters. The van der Waals surface area contributed by atoms with Gasteiger partial charge in [0.2, 0.25) is 5.91 Å². The zero-order valence-electron chi connectivity index (χ0n) is 15.6. The van der Waals surface area contributed by atoms with Gasteiger partial charge in [-0.05, 0) is 37.5 Å². The maximum atomic E-state index is 12.3. The Morgan fingerprint density at radius 2 is 1.92 bits per heavy atom. The Labute approximate surface area is 155 Å². The molecular weight excluding hydrogens is 332 g/mol. The normalized spacial score (nSPS) is 14.8. The van der Waals surface area contributed by atoms with Gasteiger partial charge in [0, 0.05) is 37.4 Å². The Morgan fingerprint density at radius 3 is 2.69 bits per heavy atom. The van der Waals surface area contributed by atoms with Gasteiger partial charge in [0.1, 0.15) is 0 Å². The first kappa shape index (κ1) is 20.4. The van der Waals surface area contributed by atoms with E-state index in [-0.39, 0.29) is 17.7 Å². The van der Waals surface area contributed by atoms with Crippen molar-refractivity contribution in [2.45, 2.75) is 38.5 Å². The Morgan fingerprint density at radius 1 is 1.12 bits per heavy atom. The molecule has 1 aromatic carbocycles. The summed E-state index contributed by atoms with van der Waals surface area (Å²) in [4.78, 5) is 24.6. The zero-order valence-corrected chi connectivity index (χ0v) is 15.6. The number of nitrogens with one attached hydrogen (secondary N) is 2. The third-order valence-electron chi connectivity index (χ3n) is 4.55. The van der Waals surface area contributed by atoms with Crippen molar-refractivity contribution in [3.8, 4) is 0 Å². The average molecular weight is 362 g/mol. The maximum Gasteiger partial charge on any atom is 0.251 e.